The van der Waals surface area contributed by atoms with E-state index in [1.165, 1.54) is 0 Å². The lowest BCUT2D eigenvalue weighted by Crippen LogP contribution is -2.27. The van der Waals surface area contributed by atoms with Crippen LogP contribution in [0.1, 0.15) is 19.5 Å². The molecule has 1 heterocycles. The van der Waals surface area contributed by atoms with E-state index in [0.717, 1.165) is 25.3 Å². The van der Waals surface area contributed by atoms with Crippen molar-refractivity contribution in [2.45, 2.75) is 20.4 Å². The molecule has 0 N–H and O–H groups in total. The first-order valence-electron chi connectivity index (χ1n) is 5.28. The molecule has 0 aliphatic carbocycles. The molecule has 0 saturated carbocycles. The van der Waals surface area contributed by atoms with Gasteiger partial charge in [0.15, 0.2) is 0 Å². The second-order valence-electron chi connectivity index (χ2n) is 3.68. The molecule has 3 heteroatoms. The molecule has 0 radical (unpaired) electrons. The van der Waals surface area contributed by atoms with Gasteiger partial charge in [0.05, 0.1) is 17.7 Å². The van der Waals surface area contributed by atoms with Gasteiger partial charge in [-0.05, 0) is 25.6 Å². The van der Waals surface area contributed by atoms with Gasteiger partial charge < -0.3 is 0 Å². The number of pyridine rings is 1. The SMILES string of the molecule is CCN(Cc1ccccn1)CC(C)C#N. The third kappa shape index (κ3) is 4.09. The Hall–Kier alpha value is -1.40. The molecule has 3 nitrogen and oxygen atoms in total. The van der Waals surface area contributed by atoms with E-state index in [4.69, 9.17) is 5.26 Å². The number of nitriles is 1. The van der Waals surface area contributed by atoms with Crippen molar-refractivity contribution in [1.82, 2.24) is 9.88 Å². The van der Waals surface area contributed by atoms with Gasteiger partial charge in [-0.1, -0.05) is 13.0 Å². The highest BCUT2D eigenvalue weighted by molar-refractivity contribution is 5.03. The van der Waals surface area contributed by atoms with Crippen molar-refractivity contribution in [3.05, 3.63) is 30.1 Å². The molecule has 1 aromatic rings. The van der Waals surface area contributed by atoms with Gasteiger partial charge >= 0.3 is 0 Å². The molecule has 0 amide bonds. The van der Waals surface area contributed by atoms with E-state index in [1.807, 2.05) is 25.1 Å². The highest BCUT2D eigenvalue weighted by Crippen LogP contribution is 2.04. The highest BCUT2D eigenvalue weighted by atomic mass is 15.1. The maximum atomic E-state index is 8.75. The van der Waals surface area contributed by atoms with Gasteiger partial charge in [0.2, 0.25) is 0 Å². The third-order valence-corrected chi connectivity index (χ3v) is 2.31. The predicted octanol–water partition coefficient (Wildman–Crippen LogP) is 2.06. The minimum absolute atomic E-state index is 0.0775. The largest absolute Gasteiger partial charge is 0.296 e. The standard InChI is InChI=1S/C12H17N3/c1-3-15(9-11(2)8-13)10-12-6-4-5-7-14-12/h4-7,11H,3,9-10H2,1-2H3. The zero-order valence-corrected chi connectivity index (χ0v) is 9.35. The molecule has 0 fully saturated rings. The van der Waals surface area contributed by atoms with E-state index >= 15 is 0 Å². The van der Waals surface area contributed by atoms with Crippen molar-refractivity contribution >= 4 is 0 Å². The first-order valence-corrected chi connectivity index (χ1v) is 5.28. The van der Waals surface area contributed by atoms with Crippen LogP contribution in [0.4, 0.5) is 0 Å². The fraction of sp³-hybridized carbons (Fsp3) is 0.500. The summed E-state index contributed by atoms with van der Waals surface area (Å²) >= 11 is 0. The van der Waals surface area contributed by atoms with Crippen molar-refractivity contribution < 1.29 is 0 Å². The fourth-order valence-electron chi connectivity index (χ4n) is 1.45. The van der Waals surface area contributed by atoms with Crippen molar-refractivity contribution in [3.63, 3.8) is 0 Å². The maximum Gasteiger partial charge on any atom is 0.0666 e. The summed E-state index contributed by atoms with van der Waals surface area (Å²) in [4.78, 5) is 6.51. The average molecular weight is 203 g/mol. The van der Waals surface area contributed by atoms with Crippen LogP contribution in [-0.4, -0.2) is 23.0 Å². The van der Waals surface area contributed by atoms with Crippen LogP contribution in [0.5, 0.6) is 0 Å². The fourth-order valence-corrected chi connectivity index (χ4v) is 1.45. The first-order chi connectivity index (χ1) is 7.26. The zero-order valence-electron chi connectivity index (χ0n) is 9.35. The Kier molecular flexibility index (Phi) is 4.79. The Morgan fingerprint density at radius 3 is 2.87 bits per heavy atom. The van der Waals surface area contributed by atoms with E-state index in [-0.39, 0.29) is 5.92 Å². The molecular formula is C12H17N3. The monoisotopic (exact) mass is 203 g/mol. The predicted molar refractivity (Wildman–Crippen MR) is 60.0 cm³/mol. The van der Waals surface area contributed by atoms with E-state index in [1.54, 1.807) is 6.20 Å². The van der Waals surface area contributed by atoms with Crippen molar-refractivity contribution in [2.24, 2.45) is 5.92 Å². The van der Waals surface area contributed by atoms with Gasteiger partial charge in [-0.15, -0.1) is 0 Å². The molecule has 15 heavy (non-hydrogen) atoms. The highest BCUT2D eigenvalue weighted by Gasteiger charge is 2.08. The van der Waals surface area contributed by atoms with Crippen LogP contribution in [0.3, 0.4) is 0 Å². The summed E-state index contributed by atoms with van der Waals surface area (Å²) in [6.45, 7) is 6.63. The lowest BCUT2D eigenvalue weighted by atomic mass is 10.2. The van der Waals surface area contributed by atoms with Crippen molar-refractivity contribution in [1.29, 1.82) is 5.26 Å². The first kappa shape index (κ1) is 11.7. The van der Waals surface area contributed by atoms with Crippen molar-refractivity contribution in [2.75, 3.05) is 13.1 Å². The van der Waals surface area contributed by atoms with Crippen LogP contribution < -0.4 is 0 Å². The van der Waals surface area contributed by atoms with Crippen LogP contribution in [0.2, 0.25) is 0 Å². The average Bonchev–Trinajstić information content (AvgIpc) is 2.29. The van der Waals surface area contributed by atoms with E-state index in [9.17, 15) is 0 Å². The van der Waals surface area contributed by atoms with Gasteiger partial charge in [-0.25, -0.2) is 0 Å². The molecule has 0 saturated heterocycles. The smallest absolute Gasteiger partial charge is 0.0666 e. The molecule has 0 aliphatic heterocycles. The van der Waals surface area contributed by atoms with Crippen LogP contribution in [0.15, 0.2) is 24.4 Å². The normalized spacial score (nSPS) is 12.4. The Morgan fingerprint density at radius 1 is 1.53 bits per heavy atom. The molecule has 0 aliphatic rings. The Morgan fingerprint density at radius 2 is 2.33 bits per heavy atom. The molecule has 1 aromatic heterocycles. The summed E-state index contributed by atoms with van der Waals surface area (Å²) in [5, 5.41) is 8.75. The lowest BCUT2D eigenvalue weighted by molar-refractivity contribution is 0.257. The molecule has 1 atom stereocenters. The maximum absolute atomic E-state index is 8.75. The van der Waals surface area contributed by atoms with Crippen LogP contribution >= 0.6 is 0 Å². The summed E-state index contributed by atoms with van der Waals surface area (Å²) in [5.41, 5.74) is 1.06. The molecule has 1 rings (SSSR count). The Labute approximate surface area is 91.4 Å². The van der Waals surface area contributed by atoms with Gasteiger partial charge in [0.25, 0.3) is 0 Å². The number of hydrogen-bond donors (Lipinski definition) is 0. The summed E-state index contributed by atoms with van der Waals surface area (Å²) < 4.78 is 0. The summed E-state index contributed by atoms with van der Waals surface area (Å²) in [7, 11) is 0. The topological polar surface area (TPSA) is 39.9 Å². The minimum atomic E-state index is 0.0775. The Bertz CT molecular complexity index is 315. The van der Waals surface area contributed by atoms with Gasteiger partial charge in [0, 0.05) is 19.3 Å². The van der Waals surface area contributed by atoms with Crippen molar-refractivity contribution in [3.8, 4) is 6.07 Å². The van der Waals surface area contributed by atoms with Crippen LogP contribution in [0.25, 0.3) is 0 Å². The minimum Gasteiger partial charge on any atom is -0.296 e. The summed E-state index contributed by atoms with van der Waals surface area (Å²) in [6, 6.07) is 8.17. The molecular weight excluding hydrogens is 186 g/mol. The second kappa shape index (κ2) is 6.15. The summed E-state index contributed by atoms with van der Waals surface area (Å²) in [5.74, 6) is 0.0775. The number of hydrogen-bond acceptors (Lipinski definition) is 3. The van der Waals surface area contributed by atoms with Gasteiger partial charge in [0.1, 0.15) is 0 Å². The quantitative estimate of drug-likeness (QED) is 0.735. The van der Waals surface area contributed by atoms with E-state index in [0.29, 0.717) is 0 Å². The molecule has 1 unspecified atom stereocenters. The third-order valence-electron chi connectivity index (χ3n) is 2.31. The Balaban J connectivity index is 2.51. The van der Waals surface area contributed by atoms with Crippen LogP contribution in [-0.2, 0) is 6.54 Å². The molecule has 0 bridgehead atoms. The summed E-state index contributed by atoms with van der Waals surface area (Å²) in [6.07, 6.45) is 1.80. The second-order valence-corrected chi connectivity index (χ2v) is 3.68. The molecule has 0 aromatic carbocycles. The molecule has 80 valence electrons. The van der Waals surface area contributed by atoms with Gasteiger partial charge in [-0.3, -0.25) is 9.88 Å². The number of rotatable bonds is 5. The number of aromatic nitrogens is 1. The van der Waals surface area contributed by atoms with Crippen LogP contribution in [0, 0.1) is 17.2 Å². The zero-order chi connectivity index (χ0) is 11.1. The lowest BCUT2D eigenvalue weighted by Gasteiger charge is -2.20. The van der Waals surface area contributed by atoms with E-state index in [2.05, 4.69) is 22.9 Å². The number of nitrogens with zero attached hydrogens (tertiary/aromatic N) is 3. The van der Waals surface area contributed by atoms with E-state index < -0.39 is 0 Å². The molecule has 0 spiro atoms. The van der Waals surface area contributed by atoms with Gasteiger partial charge in [-0.2, -0.15) is 5.26 Å².